The van der Waals surface area contributed by atoms with Crippen LogP contribution in [0.1, 0.15) is 25.1 Å². The summed E-state index contributed by atoms with van der Waals surface area (Å²) in [7, 11) is 0. The van der Waals surface area contributed by atoms with E-state index >= 15 is 0 Å². The number of nitrogens with zero attached hydrogens (tertiary/aromatic N) is 7. The van der Waals surface area contributed by atoms with E-state index in [1.165, 1.54) is 0 Å². The van der Waals surface area contributed by atoms with Gasteiger partial charge in [-0.1, -0.05) is 0 Å². The molecule has 0 N–H and O–H groups in total. The van der Waals surface area contributed by atoms with Gasteiger partial charge in [-0.2, -0.15) is 0 Å². The molecule has 3 heterocycles. The maximum Gasteiger partial charge on any atom is 0.224 e. The Morgan fingerprint density at radius 2 is 2.36 bits per heavy atom. The van der Waals surface area contributed by atoms with Gasteiger partial charge in [-0.25, -0.2) is 9.67 Å². The second-order valence-corrected chi connectivity index (χ2v) is 5.81. The lowest BCUT2D eigenvalue weighted by Crippen LogP contribution is -2.41. The van der Waals surface area contributed by atoms with Crippen molar-refractivity contribution in [2.24, 2.45) is 5.92 Å². The van der Waals surface area contributed by atoms with E-state index in [4.69, 9.17) is 0 Å². The first-order chi connectivity index (χ1) is 10.7. The minimum atomic E-state index is 0.185. The molecular weight excluding hydrogens is 282 g/mol. The Bertz CT molecular complexity index is 606. The summed E-state index contributed by atoms with van der Waals surface area (Å²) in [5.74, 6) is 1.43. The quantitative estimate of drug-likeness (QED) is 0.803. The van der Waals surface area contributed by atoms with E-state index in [9.17, 15) is 4.79 Å². The number of aromatic nitrogens is 6. The summed E-state index contributed by atoms with van der Waals surface area (Å²) >= 11 is 0. The minimum absolute atomic E-state index is 0.185. The number of likely N-dealkylation sites (tertiary alicyclic amines) is 1. The third kappa shape index (κ3) is 3.49. The van der Waals surface area contributed by atoms with Crippen molar-refractivity contribution < 1.29 is 4.79 Å². The molecule has 8 heteroatoms. The van der Waals surface area contributed by atoms with Crippen molar-refractivity contribution in [2.75, 3.05) is 13.1 Å². The predicted molar refractivity (Wildman–Crippen MR) is 78.7 cm³/mol. The van der Waals surface area contributed by atoms with Crippen LogP contribution in [0.25, 0.3) is 0 Å². The maximum atomic E-state index is 12.4. The molecule has 1 amide bonds. The summed E-state index contributed by atoms with van der Waals surface area (Å²) in [6, 6.07) is 0. The number of tetrazole rings is 1. The Morgan fingerprint density at radius 1 is 1.45 bits per heavy atom. The molecule has 1 aliphatic heterocycles. The summed E-state index contributed by atoms with van der Waals surface area (Å²) in [6.45, 7) is 4.99. The molecule has 0 unspecified atom stereocenters. The van der Waals surface area contributed by atoms with Crippen molar-refractivity contribution in [3.8, 4) is 0 Å². The third-order valence-corrected chi connectivity index (χ3v) is 4.15. The molecule has 3 rings (SSSR count). The van der Waals surface area contributed by atoms with Gasteiger partial charge in [0.05, 0.1) is 12.9 Å². The topological polar surface area (TPSA) is 81.7 Å². The lowest BCUT2D eigenvalue weighted by Gasteiger charge is -2.33. The molecule has 0 spiro atoms. The van der Waals surface area contributed by atoms with Gasteiger partial charge in [0.2, 0.25) is 5.91 Å². The molecule has 0 bridgehead atoms. The van der Waals surface area contributed by atoms with Crippen molar-refractivity contribution in [3.05, 3.63) is 24.5 Å². The number of hydrogen-bond donors (Lipinski definition) is 0. The first-order valence-electron chi connectivity index (χ1n) is 7.68. The van der Waals surface area contributed by atoms with Crippen LogP contribution in [0.4, 0.5) is 0 Å². The van der Waals surface area contributed by atoms with Gasteiger partial charge >= 0.3 is 0 Å². The standard InChI is InChI=1S/C14H21N7O/c1-12-16-17-18-21(12)7-4-14(22)20-6-2-3-13(10-20)9-19-8-5-15-11-19/h5,8,11,13H,2-4,6-7,9-10H2,1H3/t13-/m0/s1. The summed E-state index contributed by atoms with van der Waals surface area (Å²) < 4.78 is 3.76. The predicted octanol–water partition coefficient (Wildman–Crippen LogP) is 0.507. The van der Waals surface area contributed by atoms with Crippen LogP contribution in [0.5, 0.6) is 0 Å². The molecular formula is C14H21N7O. The van der Waals surface area contributed by atoms with Crippen LogP contribution < -0.4 is 0 Å². The number of piperidine rings is 1. The van der Waals surface area contributed by atoms with Gasteiger partial charge in [-0.15, -0.1) is 5.10 Å². The molecule has 1 fully saturated rings. The van der Waals surface area contributed by atoms with E-state index in [0.29, 0.717) is 18.9 Å². The minimum Gasteiger partial charge on any atom is -0.342 e. The average Bonchev–Trinajstić information content (AvgIpc) is 3.17. The second kappa shape index (κ2) is 6.67. The van der Waals surface area contributed by atoms with Crippen LogP contribution >= 0.6 is 0 Å². The van der Waals surface area contributed by atoms with Crippen molar-refractivity contribution in [3.63, 3.8) is 0 Å². The number of hydrogen-bond acceptors (Lipinski definition) is 5. The lowest BCUT2D eigenvalue weighted by molar-refractivity contribution is -0.133. The number of imidazole rings is 1. The molecule has 0 aromatic carbocycles. The van der Waals surface area contributed by atoms with Crippen LogP contribution in [0.3, 0.4) is 0 Å². The van der Waals surface area contributed by atoms with E-state index in [2.05, 4.69) is 25.1 Å². The number of amides is 1. The highest BCUT2D eigenvalue weighted by Crippen LogP contribution is 2.19. The highest BCUT2D eigenvalue weighted by atomic mass is 16.2. The van der Waals surface area contributed by atoms with Gasteiger partial charge in [0, 0.05) is 38.4 Å². The maximum absolute atomic E-state index is 12.4. The number of aryl methyl sites for hydroxylation is 2. The Hall–Kier alpha value is -2.25. The molecule has 118 valence electrons. The molecule has 22 heavy (non-hydrogen) atoms. The number of carbonyl (C=O) groups excluding carboxylic acids is 1. The van der Waals surface area contributed by atoms with E-state index in [1.807, 2.05) is 24.3 Å². The summed E-state index contributed by atoms with van der Waals surface area (Å²) in [6.07, 6.45) is 8.27. The second-order valence-electron chi connectivity index (χ2n) is 5.81. The number of carbonyl (C=O) groups is 1. The average molecular weight is 303 g/mol. The molecule has 0 saturated carbocycles. The molecule has 0 radical (unpaired) electrons. The monoisotopic (exact) mass is 303 g/mol. The summed E-state index contributed by atoms with van der Waals surface area (Å²) in [5, 5.41) is 11.3. The fourth-order valence-electron chi connectivity index (χ4n) is 2.95. The Kier molecular flexibility index (Phi) is 4.45. The van der Waals surface area contributed by atoms with Gasteiger partial charge in [-0.05, 0) is 36.1 Å². The fraction of sp³-hybridized carbons (Fsp3) is 0.643. The highest BCUT2D eigenvalue weighted by Gasteiger charge is 2.23. The molecule has 2 aromatic heterocycles. The largest absolute Gasteiger partial charge is 0.342 e. The van der Waals surface area contributed by atoms with Crippen molar-refractivity contribution in [1.82, 2.24) is 34.7 Å². The zero-order chi connectivity index (χ0) is 15.4. The van der Waals surface area contributed by atoms with E-state index in [1.54, 1.807) is 10.9 Å². The highest BCUT2D eigenvalue weighted by molar-refractivity contribution is 5.76. The van der Waals surface area contributed by atoms with Gasteiger partial charge in [-0.3, -0.25) is 4.79 Å². The summed E-state index contributed by atoms with van der Waals surface area (Å²) in [5.41, 5.74) is 0. The van der Waals surface area contributed by atoms with Crippen LogP contribution in [0, 0.1) is 12.8 Å². The van der Waals surface area contributed by atoms with Gasteiger partial charge < -0.3 is 9.47 Å². The molecule has 1 atom stereocenters. The molecule has 1 aliphatic rings. The third-order valence-electron chi connectivity index (χ3n) is 4.15. The van der Waals surface area contributed by atoms with Crippen molar-refractivity contribution in [1.29, 1.82) is 0 Å². The Labute approximate surface area is 129 Å². The van der Waals surface area contributed by atoms with E-state index in [0.717, 1.165) is 38.3 Å². The molecule has 2 aromatic rings. The Morgan fingerprint density at radius 3 is 3.09 bits per heavy atom. The van der Waals surface area contributed by atoms with Crippen LogP contribution in [-0.4, -0.2) is 53.7 Å². The first-order valence-corrected chi connectivity index (χ1v) is 7.68. The van der Waals surface area contributed by atoms with E-state index < -0.39 is 0 Å². The first kappa shape index (κ1) is 14.7. The lowest BCUT2D eigenvalue weighted by atomic mass is 9.97. The summed E-state index contributed by atoms with van der Waals surface area (Å²) in [4.78, 5) is 18.4. The van der Waals surface area contributed by atoms with Crippen LogP contribution in [0.15, 0.2) is 18.7 Å². The normalized spacial score (nSPS) is 18.6. The molecule has 0 aliphatic carbocycles. The molecule has 8 nitrogen and oxygen atoms in total. The zero-order valence-corrected chi connectivity index (χ0v) is 12.8. The van der Waals surface area contributed by atoms with Crippen LogP contribution in [0.2, 0.25) is 0 Å². The van der Waals surface area contributed by atoms with Crippen molar-refractivity contribution >= 4 is 5.91 Å². The zero-order valence-electron chi connectivity index (χ0n) is 12.8. The number of rotatable bonds is 5. The van der Waals surface area contributed by atoms with Gasteiger partial charge in [0.15, 0.2) is 0 Å². The molecule has 1 saturated heterocycles. The fourth-order valence-corrected chi connectivity index (χ4v) is 2.95. The smallest absolute Gasteiger partial charge is 0.224 e. The SMILES string of the molecule is Cc1nnnn1CCC(=O)N1CCC[C@@H](Cn2ccnc2)C1. The Balaban J connectivity index is 1.50. The van der Waals surface area contributed by atoms with Crippen LogP contribution in [-0.2, 0) is 17.9 Å². The van der Waals surface area contributed by atoms with E-state index in [-0.39, 0.29) is 5.91 Å². The van der Waals surface area contributed by atoms with Crippen molar-refractivity contribution in [2.45, 2.75) is 39.3 Å². The van der Waals surface area contributed by atoms with Gasteiger partial charge in [0.25, 0.3) is 0 Å². The van der Waals surface area contributed by atoms with Gasteiger partial charge in [0.1, 0.15) is 5.82 Å².